The lowest BCUT2D eigenvalue weighted by Crippen LogP contribution is -2.09. The van der Waals surface area contributed by atoms with Gasteiger partial charge in [0.05, 0.1) is 0 Å². The maximum atomic E-state index is 10.8. The highest BCUT2D eigenvalue weighted by atomic mass is 16.5. The monoisotopic (exact) mass is 372 g/mol. The standard InChI is InChI=1S/C24H20O4/c1-12-13(2)21-10-15-8-17(28-11-22(26)27)4-6-19(15)24(21)23-18-5-3-16(25)7-14(18)9-20(12)23/h3-8,25H,9-11H2,1-2H3,(H,26,27). The molecule has 0 aromatic heterocycles. The number of hydrogen-bond donors (Lipinski definition) is 2. The quantitative estimate of drug-likeness (QED) is 0.485. The molecular formula is C24H20O4. The van der Waals surface area contributed by atoms with Crippen LogP contribution >= 0.6 is 0 Å². The number of phenols is 1. The zero-order chi connectivity index (χ0) is 19.6. The lowest BCUT2D eigenvalue weighted by atomic mass is 9.87. The average Bonchev–Trinajstić information content (AvgIpc) is 3.21. The summed E-state index contributed by atoms with van der Waals surface area (Å²) in [5.74, 6) is -0.0866. The predicted molar refractivity (Wildman–Crippen MR) is 107 cm³/mol. The van der Waals surface area contributed by atoms with Gasteiger partial charge in [0.15, 0.2) is 6.61 Å². The van der Waals surface area contributed by atoms with E-state index in [0.717, 1.165) is 12.8 Å². The van der Waals surface area contributed by atoms with Crippen molar-refractivity contribution in [1.82, 2.24) is 0 Å². The van der Waals surface area contributed by atoms with Crippen LogP contribution in [0.2, 0.25) is 0 Å². The number of aromatic hydroxyl groups is 1. The fraction of sp³-hybridized carbons (Fsp3) is 0.208. The smallest absolute Gasteiger partial charge is 0.341 e. The molecule has 0 atom stereocenters. The summed E-state index contributed by atoms with van der Waals surface area (Å²) >= 11 is 0. The van der Waals surface area contributed by atoms with Crippen molar-refractivity contribution in [3.8, 4) is 33.8 Å². The van der Waals surface area contributed by atoms with Gasteiger partial charge in [-0.2, -0.15) is 0 Å². The van der Waals surface area contributed by atoms with E-state index in [-0.39, 0.29) is 6.61 Å². The zero-order valence-electron chi connectivity index (χ0n) is 15.8. The lowest BCUT2D eigenvalue weighted by molar-refractivity contribution is -0.139. The molecule has 0 aliphatic heterocycles. The second-order valence-corrected chi connectivity index (χ2v) is 7.65. The van der Waals surface area contributed by atoms with Gasteiger partial charge < -0.3 is 14.9 Å². The van der Waals surface area contributed by atoms with E-state index in [1.807, 2.05) is 30.3 Å². The number of aliphatic carboxylic acids is 1. The van der Waals surface area contributed by atoms with E-state index in [4.69, 9.17) is 9.84 Å². The van der Waals surface area contributed by atoms with Crippen molar-refractivity contribution in [2.24, 2.45) is 0 Å². The van der Waals surface area contributed by atoms with Crippen molar-refractivity contribution in [2.75, 3.05) is 6.61 Å². The molecule has 0 saturated carbocycles. The predicted octanol–water partition coefficient (Wildman–Crippen LogP) is 4.61. The van der Waals surface area contributed by atoms with E-state index in [9.17, 15) is 9.90 Å². The molecule has 0 amide bonds. The number of phenolic OH excluding ortho intramolecular Hbond substituents is 1. The Hall–Kier alpha value is -3.27. The number of carbonyl (C=O) groups is 1. The molecule has 28 heavy (non-hydrogen) atoms. The molecular weight excluding hydrogens is 352 g/mol. The van der Waals surface area contributed by atoms with Gasteiger partial charge in [-0.25, -0.2) is 4.79 Å². The Bertz CT molecular complexity index is 1170. The third-order valence-electron chi connectivity index (χ3n) is 6.12. The Morgan fingerprint density at radius 1 is 0.929 bits per heavy atom. The summed E-state index contributed by atoms with van der Waals surface area (Å²) in [5, 5.41) is 18.8. The Labute approximate surface area is 163 Å². The Morgan fingerprint density at radius 3 is 2.11 bits per heavy atom. The first kappa shape index (κ1) is 16.9. The van der Waals surface area contributed by atoms with Crippen molar-refractivity contribution in [1.29, 1.82) is 0 Å². The van der Waals surface area contributed by atoms with E-state index in [2.05, 4.69) is 13.8 Å². The molecule has 2 N–H and O–H groups in total. The summed E-state index contributed by atoms with van der Waals surface area (Å²) in [4.78, 5) is 10.8. The van der Waals surface area contributed by atoms with Crippen molar-refractivity contribution >= 4 is 5.97 Å². The summed E-state index contributed by atoms with van der Waals surface area (Å²) in [5.41, 5.74) is 12.6. The highest BCUT2D eigenvalue weighted by Gasteiger charge is 2.32. The molecule has 0 fully saturated rings. The van der Waals surface area contributed by atoms with Gasteiger partial charge in [0.25, 0.3) is 0 Å². The maximum Gasteiger partial charge on any atom is 0.341 e. The number of fused-ring (bicyclic) bond motifs is 7. The Morgan fingerprint density at radius 2 is 1.50 bits per heavy atom. The van der Waals surface area contributed by atoms with Gasteiger partial charge in [-0.1, -0.05) is 12.1 Å². The average molecular weight is 372 g/mol. The van der Waals surface area contributed by atoms with Gasteiger partial charge in [-0.3, -0.25) is 0 Å². The summed E-state index contributed by atoms with van der Waals surface area (Å²) < 4.78 is 5.38. The van der Waals surface area contributed by atoms with Crippen LogP contribution in [0, 0.1) is 13.8 Å². The molecule has 4 nitrogen and oxygen atoms in total. The minimum absolute atomic E-state index is 0.304. The molecule has 3 aromatic rings. The first-order valence-corrected chi connectivity index (χ1v) is 9.39. The van der Waals surface area contributed by atoms with Crippen molar-refractivity contribution in [2.45, 2.75) is 26.7 Å². The van der Waals surface area contributed by atoms with Gasteiger partial charge in [-0.15, -0.1) is 0 Å². The van der Waals surface area contributed by atoms with Crippen LogP contribution in [-0.4, -0.2) is 22.8 Å². The molecule has 0 bridgehead atoms. The topological polar surface area (TPSA) is 66.8 Å². The Kier molecular flexibility index (Phi) is 3.53. The number of carboxylic acids is 1. The number of rotatable bonds is 3. The number of carboxylic acid groups (broad SMARTS) is 1. The third-order valence-corrected chi connectivity index (χ3v) is 6.12. The van der Waals surface area contributed by atoms with Gasteiger partial charge in [0, 0.05) is 0 Å². The van der Waals surface area contributed by atoms with E-state index < -0.39 is 5.97 Å². The molecule has 0 heterocycles. The molecule has 0 radical (unpaired) electrons. The summed E-state index contributed by atoms with van der Waals surface area (Å²) in [6, 6.07) is 11.5. The molecule has 2 aliphatic carbocycles. The molecule has 0 saturated heterocycles. The second kappa shape index (κ2) is 5.86. The zero-order valence-corrected chi connectivity index (χ0v) is 15.8. The lowest BCUT2D eigenvalue weighted by Gasteiger charge is -2.16. The van der Waals surface area contributed by atoms with Gasteiger partial charge in [0.2, 0.25) is 0 Å². The largest absolute Gasteiger partial charge is 0.508 e. The number of benzene rings is 3. The van der Waals surface area contributed by atoms with Gasteiger partial charge in [0.1, 0.15) is 11.5 Å². The van der Waals surface area contributed by atoms with Crippen LogP contribution in [0.4, 0.5) is 0 Å². The van der Waals surface area contributed by atoms with Crippen LogP contribution in [-0.2, 0) is 17.6 Å². The van der Waals surface area contributed by atoms with Gasteiger partial charge >= 0.3 is 5.97 Å². The van der Waals surface area contributed by atoms with Crippen LogP contribution in [0.3, 0.4) is 0 Å². The number of ether oxygens (including phenoxy) is 1. The molecule has 3 aromatic carbocycles. The van der Waals surface area contributed by atoms with Crippen LogP contribution in [0.1, 0.15) is 33.4 Å². The normalized spacial score (nSPS) is 12.9. The second-order valence-electron chi connectivity index (χ2n) is 7.65. The minimum atomic E-state index is -0.979. The third kappa shape index (κ3) is 2.34. The highest BCUT2D eigenvalue weighted by Crippen LogP contribution is 2.52. The van der Waals surface area contributed by atoms with Crippen LogP contribution in [0.5, 0.6) is 11.5 Å². The molecule has 2 aliphatic rings. The van der Waals surface area contributed by atoms with E-state index >= 15 is 0 Å². The summed E-state index contributed by atoms with van der Waals surface area (Å²) in [7, 11) is 0. The first-order valence-electron chi connectivity index (χ1n) is 9.39. The molecule has 0 spiro atoms. The minimum Gasteiger partial charge on any atom is -0.508 e. The molecule has 0 unspecified atom stereocenters. The molecule has 4 heteroatoms. The van der Waals surface area contributed by atoms with Gasteiger partial charge in [-0.05, 0) is 107 Å². The molecule has 140 valence electrons. The number of hydrogen-bond acceptors (Lipinski definition) is 3. The first-order chi connectivity index (χ1) is 13.4. The van der Waals surface area contributed by atoms with Crippen molar-refractivity contribution in [3.63, 3.8) is 0 Å². The maximum absolute atomic E-state index is 10.8. The Balaban J connectivity index is 1.70. The van der Waals surface area contributed by atoms with Crippen LogP contribution in [0.25, 0.3) is 22.3 Å². The fourth-order valence-electron chi connectivity index (χ4n) is 4.71. The van der Waals surface area contributed by atoms with E-state index in [1.165, 1.54) is 55.6 Å². The summed E-state index contributed by atoms with van der Waals surface area (Å²) in [6.45, 7) is 4.03. The van der Waals surface area contributed by atoms with Crippen LogP contribution in [0.15, 0.2) is 36.4 Å². The van der Waals surface area contributed by atoms with Crippen LogP contribution < -0.4 is 4.74 Å². The highest BCUT2D eigenvalue weighted by molar-refractivity contribution is 5.97. The van der Waals surface area contributed by atoms with Crippen molar-refractivity contribution < 1.29 is 19.7 Å². The molecule has 5 rings (SSSR count). The fourth-order valence-corrected chi connectivity index (χ4v) is 4.71. The van der Waals surface area contributed by atoms with Crippen molar-refractivity contribution in [3.05, 3.63) is 69.8 Å². The summed E-state index contributed by atoms with van der Waals surface area (Å²) in [6.07, 6.45) is 1.66. The SMILES string of the molecule is Cc1c(C)c2c(c3c1Cc1cc(O)ccc1-3)-c1ccc(OCC(=O)O)cc1C2. The van der Waals surface area contributed by atoms with E-state index in [0.29, 0.717) is 11.5 Å². The van der Waals surface area contributed by atoms with E-state index in [1.54, 1.807) is 6.07 Å².